The van der Waals surface area contributed by atoms with Gasteiger partial charge in [0.15, 0.2) is 5.78 Å². The highest BCUT2D eigenvalue weighted by Gasteiger charge is 2.31. The van der Waals surface area contributed by atoms with Gasteiger partial charge in [0.2, 0.25) is 5.91 Å². The number of nitrogens with zero attached hydrogens (tertiary/aromatic N) is 2. The summed E-state index contributed by atoms with van der Waals surface area (Å²) in [5, 5.41) is 0. The fraction of sp³-hybridized carbons (Fsp3) is 0.667. The van der Waals surface area contributed by atoms with Crippen molar-refractivity contribution in [3.05, 3.63) is 22.5 Å². The molecule has 6 nitrogen and oxygen atoms in total. The third-order valence-corrected chi connectivity index (χ3v) is 5.69. The van der Waals surface area contributed by atoms with Gasteiger partial charge >= 0.3 is 5.97 Å². The largest absolute Gasteiger partial charge is 0.464 e. The molecule has 0 unspecified atom stereocenters. The van der Waals surface area contributed by atoms with Crippen LogP contribution in [0.25, 0.3) is 0 Å². The number of Topliss-reactive ketones (excluding diaryl/α,β-unsaturated/α-hetero) is 1. The molecule has 1 aliphatic rings. The number of esters is 1. The summed E-state index contributed by atoms with van der Waals surface area (Å²) in [6.45, 7) is 7.39. The van der Waals surface area contributed by atoms with Crippen LogP contribution in [0.5, 0.6) is 0 Å². The van der Waals surface area contributed by atoms with Crippen molar-refractivity contribution in [2.45, 2.75) is 65.8 Å². The number of ether oxygens (including phenoxy) is 1. The maximum Gasteiger partial charge on any atom is 0.354 e. The summed E-state index contributed by atoms with van der Waals surface area (Å²) in [5.41, 5.74) is 2.25. The SMILES string of the molecule is COC(=O)c1c(C)c(C(=O)CN(C(=O)C(C)C)C2CCCCC2)c(C)n1C. The molecule has 1 aliphatic carbocycles. The maximum atomic E-state index is 13.2. The zero-order chi connectivity index (χ0) is 20.3. The normalized spacial score (nSPS) is 15.1. The van der Waals surface area contributed by atoms with E-state index in [-0.39, 0.29) is 30.2 Å². The van der Waals surface area contributed by atoms with Gasteiger partial charge in [0, 0.05) is 30.3 Å². The van der Waals surface area contributed by atoms with Crippen LogP contribution in [0.1, 0.15) is 78.1 Å². The Kier molecular flexibility index (Phi) is 6.84. The van der Waals surface area contributed by atoms with E-state index in [1.165, 1.54) is 13.5 Å². The molecule has 1 aromatic rings. The van der Waals surface area contributed by atoms with E-state index in [0.717, 1.165) is 31.4 Å². The molecule has 0 atom stereocenters. The molecular weight excluding hydrogens is 344 g/mol. The quantitative estimate of drug-likeness (QED) is 0.563. The monoisotopic (exact) mass is 376 g/mol. The molecule has 0 aromatic carbocycles. The van der Waals surface area contributed by atoms with E-state index >= 15 is 0 Å². The van der Waals surface area contributed by atoms with Crippen LogP contribution < -0.4 is 0 Å². The second-order valence-corrected chi connectivity index (χ2v) is 7.82. The van der Waals surface area contributed by atoms with E-state index < -0.39 is 5.97 Å². The number of carbonyl (C=O) groups excluding carboxylic acids is 3. The molecular formula is C21H32N2O4. The van der Waals surface area contributed by atoms with Gasteiger partial charge in [-0.05, 0) is 32.3 Å². The van der Waals surface area contributed by atoms with Crippen molar-refractivity contribution in [2.24, 2.45) is 13.0 Å². The third-order valence-electron chi connectivity index (χ3n) is 5.69. The van der Waals surface area contributed by atoms with Crippen molar-refractivity contribution in [2.75, 3.05) is 13.7 Å². The lowest BCUT2D eigenvalue weighted by atomic mass is 9.92. The zero-order valence-electron chi connectivity index (χ0n) is 17.4. The molecule has 1 saturated carbocycles. The van der Waals surface area contributed by atoms with Crippen molar-refractivity contribution < 1.29 is 19.1 Å². The first kappa shape index (κ1) is 21.2. The van der Waals surface area contributed by atoms with Crippen molar-refractivity contribution in [3.63, 3.8) is 0 Å². The Morgan fingerprint density at radius 1 is 1.15 bits per heavy atom. The summed E-state index contributed by atoms with van der Waals surface area (Å²) in [6.07, 6.45) is 5.28. The molecule has 6 heteroatoms. The van der Waals surface area contributed by atoms with Gasteiger partial charge in [-0.1, -0.05) is 33.1 Å². The van der Waals surface area contributed by atoms with Crippen molar-refractivity contribution in [1.82, 2.24) is 9.47 Å². The number of hydrogen-bond acceptors (Lipinski definition) is 4. The van der Waals surface area contributed by atoms with Gasteiger partial charge in [-0.15, -0.1) is 0 Å². The average Bonchev–Trinajstić information content (AvgIpc) is 2.88. The van der Waals surface area contributed by atoms with E-state index in [0.29, 0.717) is 16.8 Å². The number of methoxy groups -OCH3 is 1. The van der Waals surface area contributed by atoms with Gasteiger partial charge in [-0.2, -0.15) is 0 Å². The lowest BCUT2D eigenvalue weighted by molar-refractivity contribution is -0.136. The Balaban J connectivity index is 2.35. The standard InChI is InChI=1S/C21H32N2O4/c1-13(2)20(25)23(16-10-8-7-9-11-16)12-17(24)18-14(3)19(21(26)27-6)22(5)15(18)4/h13,16H,7-12H2,1-6H3. The summed E-state index contributed by atoms with van der Waals surface area (Å²) in [5.74, 6) is -0.701. The molecule has 0 saturated heterocycles. The van der Waals surface area contributed by atoms with Crippen LogP contribution in [0.15, 0.2) is 0 Å². The number of hydrogen-bond donors (Lipinski definition) is 0. The fourth-order valence-electron chi connectivity index (χ4n) is 4.12. The van der Waals surface area contributed by atoms with Gasteiger partial charge < -0.3 is 14.2 Å². The van der Waals surface area contributed by atoms with E-state index in [1.807, 2.05) is 20.8 Å². The Labute approximate surface area is 161 Å². The zero-order valence-corrected chi connectivity index (χ0v) is 17.4. The molecule has 1 amide bonds. The predicted molar refractivity (Wildman–Crippen MR) is 104 cm³/mol. The molecule has 2 rings (SSSR count). The second-order valence-electron chi connectivity index (χ2n) is 7.82. The first-order chi connectivity index (χ1) is 12.7. The molecule has 1 fully saturated rings. The minimum absolute atomic E-state index is 0.0229. The Morgan fingerprint density at radius 2 is 1.74 bits per heavy atom. The lowest BCUT2D eigenvalue weighted by Gasteiger charge is -2.35. The molecule has 1 heterocycles. The molecule has 0 bridgehead atoms. The highest BCUT2D eigenvalue weighted by molar-refractivity contribution is 6.04. The van der Waals surface area contributed by atoms with Gasteiger partial charge in [0.1, 0.15) is 5.69 Å². The molecule has 0 aliphatic heterocycles. The van der Waals surface area contributed by atoms with Gasteiger partial charge in [-0.25, -0.2) is 4.79 Å². The second kappa shape index (κ2) is 8.72. The molecule has 27 heavy (non-hydrogen) atoms. The van der Waals surface area contributed by atoms with Crippen LogP contribution >= 0.6 is 0 Å². The third kappa shape index (κ3) is 4.25. The van der Waals surface area contributed by atoms with E-state index in [4.69, 9.17) is 4.74 Å². The minimum atomic E-state index is -0.459. The van der Waals surface area contributed by atoms with Crippen molar-refractivity contribution in [1.29, 1.82) is 0 Å². The molecule has 150 valence electrons. The number of ketones is 1. The number of amides is 1. The topological polar surface area (TPSA) is 68.6 Å². The maximum absolute atomic E-state index is 13.2. The van der Waals surface area contributed by atoms with E-state index in [2.05, 4.69) is 0 Å². The number of carbonyl (C=O) groups is 3. The van der Waals surface area contributed by atoms with Crippen LogP contribution in [0.2, 0.25) is 0 Å². The molecule has 0 radical (unpaired) electrons. The molecule has 1 aromatic heterocycles. The van der Waals surface area contributed by atoms with Gasteiger partial charge in [0.25, 0.3) is 0 Å². The summed E-state index contributed by atoms with van der Waals surface area (Å²) in [6, 6.07) is 0.127. The summed E-state index contributed by atoms with van der Waals surface area (Å²) in [7, 11) is 3.08. The van der Waals surface area contributed by atoms with Crippen LogP contribution in [0, 0.1) is 19.8 Å². The Hall–Kier alpha value is -2.11. The first-order valence-corrected chi connectivity index (χ1v) is 9.78. The lowest BCUT2D eigenvalue weighted by Crippen LogP contribution is -2.46. The predicted octanol–water partition coefficient (Wildman–Crippen LogP) is 3.43. The van der Waals surface area contributed by atoms with Crippen LogP contribution in [0.4, 0.5) is 0 Å². The van der Waals surface area contributed by atoms with Gasteiger partial charge in [-0.3, -0.25) is 9.59 Å². The van der Waals surface area contributed by atoms with Crippen molar-refractivity contribution >= 4 is 17.7 Å². The fourth-order valence-corrected chi connectivity index (χ4v) is 4.12. The van der Waals surface area contributed by atoms with E-state index in [9.17, 15) is 14.4 Å². The average molecular weight is 376 g/mol. The summed E-state index contributed by atoms with van der Waals surface area (Å²) >= 11 is 0. The van der Waals surface area contributed by atoms with Crippen molar-refractivity contribution in [3.8, 4) is 0 Å². The van der Waals surface area contributed by atoms with Gasteiger partial charge in [0.05, 0.1) is 13.7 Å². The first-order valence-electron chi connectivity index (χ1n) is 9.78. The summed E-state index contributed by atoms with van der Waals surface area (Å²) in [4.78, 5) is 39.8. The Bertz CT molecular complexity index is 727. The van der Waals surface area contributed by atoms with Crippen LogP contribution in [-0.2, 0) is 16.6 Å². The number of rotatable bonds is 6. The number of aromatic nitrogens is 1. The Morgan fingerprint density at radius 3 is 2.26 bits per heavy atom. The van der Waals surface area contributed by atoms with E-state index in [1.54, 1.807) is 23.4 Å². The highest BCUT2D eigenvalue weighted by Crippen LogP contribution is 2.26. The summed E-state index contributed by atoms with van der Waals surface area (Å²) < 4.78 is 6.55. The minimum Gasteiger partial charge on any atom is -0.464 e. The smallest absolute Gasteiger partial charge is 0.354 e. The molecule has 0 N–H and O–H groups in total. The van der Waals surface area contributed by atoms with Crippen LogP contribution in [-0.4, -0.2) is 46.8 Å². The van der Waals surface area contributed by atoms with Crippen LogP contribution in [0.3, 0.4) is 0 Å². The molecule has 0 spiro atoms. The highest BCUT2D eigenvalue weighted by atomic mass is 16.5.